The first-order chi connectivity index (χ1) is 12.1. The van der Waals surface area contributed by atoms with E-state index < -0.39 is 11.9 Å². The van der Waals surface area contributed by atoms with Crippen LogP contribution in [-0.2, 0) is 4.79 Å². The Bertz CT molecular complexity index is 690. The van der Waals surface area contributed by atoms with Gasteiger partial charge in [-0.1, -0.05) is 30.3 Å². The molecule has 0 aliphatic carbocycles. The number of para-hydroxylation sites is 1. The van der Waals surface area contributed by atoms with Gasteiger partial charge in [0.25, 0.3) is 0 Å². The number of carbonyl (C=O) groups is 1. The fourth-order valence-corrected chi connectivity index (χ4v) is 2.94. The number of aliphatic carboxylic acids is 1. The number of carboxylic acid groups (broad SMARTS) is 1. The monoisotopic (exact) mass is 342 g/mol. The predicted octanol–water partition coefficient (Wildman–Crippen LogP) is 2.38. The van der Waals surface area contributed by atoms with Crippen LogP contribution >= 0.6 is 0 Å². The molecule has 0 spiro atoms. The van der Waals surface area contributed by atoms with Crippen LogP contribution in [0.1, 0.15) is 18.5 Å². The van der Waals surface area contributed by atoms with E-state index in [1.165, 1.54) is 0 Å². The van der Waals surface area contributed by atoms with Crippen molar-refractivity contribution in [3.05, 3.63) is 60.2 Å². The number of hydrogen-bond donors (Lipinski definition) is 3. The summed E-state index contributed by atoms with van der Waals surface area (Å²) in [5, 5.41) is 9.39. The first-order valence-electron chi connectivity index (χ1n) is 8.29. The lowest BCUT2D eigenvalue weighted by molar-refractivity contribution is -0.142. The van der Waals surface area contributed by atoms with Crippen molar-refractivity contribution in [3.8, 4) is 11.5 Å². The highest BCUT2D eigenvalue weighted by atomic mass is 16.5. The van der Waals surface area contributed by atoms with Crippen LogP contribution in [0.25, 0.3) is 0 Å². The lowest BCUT2D eigenvalue weighted by atomic mass is 9.90. The van der Waals surface area contributed by atoms with Crippen LogP contribution in [0.5, 0.6) is 11.5 Å². The molecule has 0 saturated carbocycles. The van der Waals surface area contributed by atoms with Gasteiger partial charge in [-0.25, -0.2) is 5.43 Å². The highest BCUT2D eigenvalue weighted by Gasteiger charge is 2.39. The smallest absolute Gasteiger partial charge is 0.310 e. The van der Waals surface area contributed by atoms with E-state index in [0.717, 1.165) is 17.1 Å². The summed E-state index contributed by atoms with van der Waals surface area (Å²) in [5.74, 6) is 0.223. The zero-order valence-electron chi connectivity index (χ0n) is 14.0. The highest BCUT2D eigenvalue weighted by Crippen LogP contribution is 2.29. The van der Waals surface area contributed by atoms with Crippen molar-refractivity contribution in [3.63, 3.8) is 0 Å². The van der Waals surface area contributed by atoms with Crippen LogP contribution in [0.2, 0.25) is 0 Å². The molecular formula is C19H22N2O4. The number of nitrogens with one attached hydrogen (secondary N) is 2. The van der Waals surface area contributed by atoms with E-state index in [0.29, 0.717) is 13.2 Å². The summed E-state index contributed by atoms with van der Waals surface area (Å²) >= 11 is 0. The van der Waals surface area contributed by atoms with E-state index in [1.54, 1.807) is 0 Å². The van der Waals surface area contributed by atoms with Crippen molar-refractivity contribution in [2.75, 3.05) is 13.2 Å². The maximum Gasteiger partial charge on any atom is 0.310 e. The summed E-state index contributed by atoms with van der Waals surface area (Å²) in [7, 11) is 0. The fraction of sp³-hybridized carbons (Fsp3) is 0.316. The van der Waals surface area contributed by atoms with Gasteiger partial charge in [0, 0.05) is 6.04 Å². The highest BCUT2D eigenvalue weighted by molar-refractivity contribution is 5.72. The normalized spacial score (nSPS) is 22.5. The van der Waals surface area contributed by atoms with Crippen LogP contribution in [0.3, 0.4) is 0 Å². The summed E-state index contributed by atoms with van der Waals surface area (Å²) in [6.07, 6.45) is 0. The van der Waals surface area contributed by atoms with Gasteiger partial charge in [-0.2, -0.15) is 0 Å². The SMILES string of the molecule is CC1NNC(c2ccc(OCCOc3ccccc3)cc2)C1C(=O)O. The minimum absolute atomic E-state index is 0.131. The maximum absolute atomic E-state index is 11.4. The summed E-state index contributed by atoms with van der Waals surface area (Å²) in [5.41, 5.74) is 6.96. The van der Waals surface area contributed by atoms with E-state index in [-0.39, 0.29) is 12.1 Å². The quantitative estimate of drug-likeness (QED) is 0.671. The van der Waals surface area contributed by atoms with Gasteiger partial charge < -0.3 is 14.6 Å². The summed E-state index contributed by atoms with van der Waals surface area (Å²) in [6, 6.07) is 16.7. The molecule has 3 rings (SSSR count). The molecule has 1 fully saturated rings. The van der Waals surface area contributed by atoms with Crippen molar-refractivity contribution in [1.82, 2.24) is 10.9 Å². The Morgan fingerprint density at radius 3 is 2.16 bits per heavy atom. The number of ether oxygens (including phenoxy) is 2. The largest absolute Gasteiger partial charge is 0.490 e. The summed E-state index contributed by atoms with van der Waals surface area (Å²) in [4.78, 5) is 11.4. The molecule has 6 heteroatoms. The van der Waals surface area contributed by atoms with Gasteiger partial charge in [-0.15, -0.1) is 0 Å². The maximum atomic E-state index is 11.4. The standard InChI is InChI=1S/C19H22N2O4/c1-13-17(19(22)23)18(21-20-13)14-7-9-16(10-8-14)25-12-11-24-15-5-3-2-4-6-15/h2-10,13,17-18,20-21H,11-12H2,1H3,(H,22,23). The molecule has 3 N–H and O–H groups in total. The van der Waals surface area contributed by atoms with Crippen molar-refractivity contribution in [2.24, 2.45) is 5.92 Å². The molecule has 1 aliphatic heterocycles. The molecule has 1 saturated heterocycles. The van der Waals surface area contributed by atoms with E-state index >= 15 is 0 Å². The molecular weight excluding hydrogens is 320 g/mol. The van der Waals surface area contributed by atoms with Crippen molar-refractivity contribution >= 4 is 5.97 Å². The summed E-state index contributed by atoms with van der Waals surface area (Å²) < 4.78 is 11.2. The molecule has 2 aromatic rings. The molecule has 0 amide bonds. The van der Waals surface area contributed by atoms with Gasteiger partial charge in [0.1, 0.15) is 24.7 Å². The predicted molar refractivity (Wildman–Crippen MR) is 93.5 cm³/mol. The molecule has 0 aromatic heterocycles. The topological polar surface area (TPSA) is 79.8 Å². The molecule has 3 unspecified atom stereocenters. The number of carboxylic acids is 1. The van der Waals surface area contributed by atoms with Gasteiger partial charge in [-0.05, 0) is 36.8 Å². The number of hydrogen-bond acceptors (Lipinski definition) is 5. The molecule has 2 aromatic carbocycles. The van der Waals surface area contributed by atoms with E-state index in [2.05, 4.69) is 10.9 Å². The third kappa shape index (κ3) is 4.29. The van der Waals surface area contributed by atoms with E-state index in [1.807, 2.05) is 61.5 Å². The lowest BCUT2D eigenvalue weighted by Gasteiger charge is -2.17. The average Bonchev–Trinajstić information content (AvgIpc) is 3.02. The van der Waals surface area contributed by atoms with Crippen LogP contribution in [-0.4, -0.2) is 30.3 Å². The van der Waals surface area contributed by atoms with Crippen molar-refractivity contribution in [2.45, 2.75) is 19.0 Å². The number of benzene rings is 2. The molecule has 1 heterocycles. The molecule has 0 radical (unpaired) electrons. The Balaban J connectivity index is 1.51. The average molecular weight is 342 g/mol. The number of hydrazine groups is 1. The summed E-state index contributed by atoms with van der Waals surface area (Å²) in [6.45, 7) is 2.75. The fourth-order valence-electron chi connectivity index (χ4n) is 2.94. The first-order valence-corrected chi connectivity index (χ1v) is 8.29. The molecule has 0 bridgehead atoms. The Kier molecular flexibility index (Phi) is 5.53. The molecule has 25 heavy (non-hydrogen) atoms. The molecule has 1 aliphatic rings. The van der Waals surface area contributed by atoms with Crippen LogP contribution in [0, 0.1) is 5.92 Å². The van der Waals surface area contributed by atoms with Gasteiger partial charge in [0.2, 0.25) is 0 Å². The van der Waals surface area contributed by atoms with Crippen LogP contribution in [0.4, 0.5) is 0 Å². The van der Waals surface area contributed by atoms with E-state index in [4.69, 9.17) is 9.47 Å². The van der Waals surface area contributed by atoms with Gasteiger partial charge >= 0.3 is 5.97 Å². The Hall–Kier alpha value is -2.57. The third-order valence-corrected chi connectivity index (χ3v) is 4.25. The Morgan fingerprint density at radius 2 is 1.56 bits per heavy atom. The zero-order chi connectivity index (χ0) is 17.6. The first kappa shape index (κ1) is 17.3. The molecule has 3 atom stereocenters. The van der Waals surface area contributed by atoms with E-state index in [9.17, 15) is 9.90 Å². The lowest BCUT2D eigenvalue weighted by Crippen LogP contribution is -2.30. The minimum atomic E-state index is -0.812. The van der Waals surface area contributed by atoms with Crippen molar-refractivity contribution < 1.29 is 19.4 Å². The van der Waals surface area contributed by atoms with Gasteiger partial charge in [-0.3, -0.25) is 10.2 Å². The Morgan fingerprint density at radius 1 is 0.960 bits per heavy atom. The Labute approximate surface area is 146 Å². The van der Waals surface area contributed by atoms with Gasteiger partial charge in [0.05, 0.1) is 12.0 Å². The second-order valence-corrected chi connectivity index (χ2v) is 6.00. The third-order valence-electron chi connectivity index (χ3n) is 4.25. The molecule has 132 valence electrons. The second kappa shape index (κ2) is 8.00. The van der Waals surface area contributed by atoms with Crippen LogP contribution < -0.4 is 20.3 Å². The molecule has 6 nitrogen and oxygen atoms in total. The minimum Gasteiger partial charge on any atom is -0.490 e. The van der Waals surface area contributed by atoms with Crippen LogP contribution in [0.15, 0.2) is 54.6 Å². The zero-order valence-corrected chi connectivity index (χ0v) is 14.0. The second-order valence-electron chi connectivity index (χ2n) is 6.00. The van der Waals surface area contributed by atoms with Crippen molar-refractivity contribution in [1.29, 1.82) is 0 Å². The number of rotatable bonds is 7. The van der Waals surface area contributed by atoms with Gasteiger partial charge in [0.15, 0.2) is 0 Å².